The quantitative estimate of drug-likeness (QED) is 0.0594. The molecule has 3 aromatic carbocycles. The molecule has 18 amide bonds. The van der Waals surface area contributed by atoms with Crippen LogP contribution >= 0.6 is 22.7 Å². The lowest BCUT2D eigenvalue weighted by atomic mass is 9.83. The SMILES string of the molecule is CC(=O)N1CCC[C@]12C/C=C\CCC[C@@]1(CCC/C=C/CCCOC(=O)N3CC[C@@]4(C3)NC(=O)[C@H](CCCCNC(=O)CC[C@@H](C(=O)N[C@@H](C)C(N)=O)NC(=O)[C@H](Cc3csc5ccccc35)NC(=O)[C@H](Cc3ccsc3)NC4=O)NC(=O)[C@H](Cc3ccccc3)NC(=O)[C@H](C)NC(=O)C3(CCCC3)NC(=O)[C@H](Cc3cccc(C(=O)O)c3)NC(=O)[C@H](CC(=O)O)NC1=O)NC(=O)[C@H](CC(C)(C)C)NC(=O)[C@H](CC(=O)O)NC2=O. The van der Waals surface area contributed by atoms with E-state index in [-0.39, 0.29) is 185 Å². The normalized spacial score (nSPS) is 26.9. The highest BCUT2D eigenvalue weighted by Gasteiger charge is 2.54. The Balaban J connectivity index is 0.985. The number of fused-ring (bicyclic) bond motifs is 4. The lowest BCUT2D eigenvalue weighted by molar-refractivity contribution is -0.146. The number of thiophene rings is 2. The van der Waals surface area contributed by atoms with Crippen LogP contribution in [0, 0.1) is 5.41 Å². The highest BCUT2D eigenvalue weighted by molar-refractivity contribution is 7.17. The first kappa shape index (κ1) is 115. The fraction of sp³-hybridized carbons (Fsp3) is 0.529. The smallest absolute Gasteiger partial charge is 0.409 e. The summed E-state index contributed by atoms with van der Waals surface area (Å²) in [7, 11) is 0. The Labute approximate surface area is 869 Å². The van der Waals surface area contributed by atoms with Gasteiger partial charge in [0.15, 0.2) is 0 Å². The summed E-state index contributed by atoms with van der Waals surface area (Å²) in [5, 5.41) is 78.0. The zero-order valence-electron chi connectivity index (χ0n) is 84.4. The van der Waals surface area contributed by atoms with Crippen molar-refractivity contribution in [3.63, 3.8) is 0 Å². The number of nitrogens with two attached hydrogens (primary N) is 1. The van der Waals surface area contributed by atoms with Crippen LogP contribution in [0.4, 0.5) is 4.79 Å². The number of aromatic carboxylic acids is 1. The molecule has 43 nitrogen and oxygen atoms in total. The summed E-state index contributed by atoms with van der Waals surface area (Å²) < 4.78 is 6.73. The van der Waals surface area contributed by atoms with Gasteiger partial charge in [-0.15, -0.1) is 11.3 Å². The van der Waals surface area contributed by atoms with E-state index >= 15 is 52.7 Å². The molecule has 6 aliphatic rings. The zero-order valence-corrected chi connectivity index (χ0v) is 86.1. The molecule has 4 spiro atoms. The van der Waals surface area contributed by atoms with Gasteiger partial charge in [0.25, 0.3) is 0 Å². The molecule has 5 aliphatic heterocycles. The molecule has 1 saturated carbocycles. The number of nitrogens with one attached hydrogen (secondary N) is 15. The minimum atomic E-state index is -2.22. The minimum absolute atomic E-state index is 0.00320. The molecule has 14 atom stereocenters. The fourth-order valence-corrected chi connectivity index (χ4v) is 21.2. The standard InChI is InChI=1S/C104H136N18O25S2/c1-61(83(105)129)107-85(131)71-35-36-80(124)106-45-24-18-33-70-91(137)120-103(97(144)115-73(53-66-37-49-148-58-66)87(133)113-75(88(134)110-71)54-68-59-149-79-34-17-16-32-69(68)79)44-47-121(60-103)99(146)147-48-25-12-8-7-9-19-38-102(39-20-10-11-21-42-104(43-27-46-122(104)63(3)123)98(145)117-77(56-82(127)128)90(136)114-78(93(139)119-102)57-100(4,5)6)96(143)116-76(55-81(125)126)89(135)112-74(52-65-30-26-31-67(50-65)94(140)141)92(138)118-101(40-22-23-41-101)95(142)108-62(2)84(130)111-72(86(132)109-70)51-64-28-14-13-15-29-64/h7-8,11,13-17,21,26,28-32,34,37,49-50,58-59,61-62,70-78H,9-10,12,18-20,22-25,27,33,35-36,38-48,51-57,60H2,1-6H3,(H2,105,129)(H,106,124)(H,107,131)(H,108,142)(H,109,132)(H,110,134)(H,111,130)(H,112,135)(H,113,133)(H,114,136)(H,115,144)(H,116,143)(H,117,145)(H,118,138)(H,119,139)(H,120,137)(H,125,126)(H,127,128)(H,140,141)/b8-7+,21-11-/t61-,62-,70-,71-,72-,73-,74-,75-,76-,77-,78-,102+,103-,104-/m0/s1. The Hall–Kier alpha value is -14.5. The molecular formula is C104H136N18O25S2. The summed E-state index contributed by atoms with van der Waals surface area (Å²) in [5.74, 6) is -21.0. The number of aliphatic carboxylic acids is 2. The first-order valence-corrected chi connectivity index (χ1v) is 52.3. The van der Waals surface area contributed by atoms with E-state index in [9.17, 15) is 63.3 Å². The molecule has 20 N–H and O–H groups in total. The Morgan fingerprint density at radius 3 is 1.70 bits per heavy atom. The van der Waals surface area contributed by atoms with Crippen LogP contribution in [0.5, 0.6) is 0 Å². The Morgan fingerprint density at radius 2 is 1.05 bits per heavy atom. The van der Waals surface area contributed by atoms with Gasteiger partial charge in [-0.25, -0.2) is 9.59 Å². The van der Waals surface area contributed by atoms with Crippen LogP contribution in [0.25, 0.3) is 10.1 Å². The molecule has 11 rings (SSSR count). The molecule has 2 aromatic heterocycles. The predicted molar refractivity (Wildman–Crippen MR) is 545 cm³/mol. The molecule has 5 aromatic rings. The molecule has 4 fully saturated rings. The van der Waals surface area contributed by atoms with E-state index in [0.717, 1.165) is 15.0 Å². The van der Waals surface area contributed by atoms with Gasteiger partial charge in [-0.1, -0.05) is 119 Å². The van der Waals surface area contributed by atoms with Crippen molar-refractivity contribution in [2.75, 3.05) is 32.8 Å². The molecule has 0 unspecified atom stereocenters. The van der Waals surface area contributed by atoms with Crippen molar-refractivity contribution >= 4 is 157 Å². The number of allylic oxidation sites excluding steroid dienone is 3. The number of nitrogens with zero attached hydrogens (tertiary/aromatic N) is 2. The Kier molecular flexibility index (Phi) is 40.7. The van der Waals surface area contributed by atoms with Gasteiger partial charge in [-0.05, 0) is 209 Å². The van der Waals surface area contributed by atoms with E-state index in [4.69, 9.17) is 10.5 Å². The highest BCUT2D eigenvalue weighted by Crippen LogP contribution is 2.37. The number of primary amides is 1. The van der Waals surface area contributed by atoms with E-state index in [1.807, 2.05) is 18.2 Å². The van der Waals surface area contributed by atoms with Crippen molar-refractivity contribution in [2.45, 2.75) is 310 Å². The van der Waals surface area contributed by atoms with Crippen LogP contribution in [0.3, 0.4) is 0 Å². The second-order valence-corrected chi connectivity index (χ2v) is 42.1. The van der Waals surface area contributed by atoms with Crippen molar-refractivity contribution in [3.05, 3.63) is 153 Å². The van der Waals surface area contributed by atoms with Crippen molar-refractivity contribution in [2.24, 2.45) is 11.1 Å². The molecule has 804 valence electrons. The molecule has 7 heterocycles. The maximum atomic E-state index is 16.2. The predicted octanol–water partition coefficient (Wildman–Crippen LogP) is 3.27. The number of rotatable bonds is 17. The minimum Gasteiger partial charge on any atom is -0.481 e. The first-order chi connectivity index (χ1) is 70.9. The van der Waals surface area contributed by atoms with Crippen molar-refractivity contribution in [3.8, 4) is 0 Å². The van der Waals surface area contributed by atoms with Crippen molar-refractivity contribution < 1.29 is 121 Å². The van der Waals surface area contributed by atoms with E-state index in [1.165, 1.54) is 72.6 Å². The summed E-state index contributed by atoms with van der Waals surface area (Å²) >= 11 is 2.61. The molecule has 3 bridgehead atoms. The second kappa shape index (κ2) is 52.9. The number of amides is 18. The van der Waals surface area contributed by atoms with E-state index < -0.39 is 251 Å². The van der Waals surface area contributed by atoms with Gasteiger partial charge in [0.05, 0.1) is 31.6 Å². The fourth-order valence-electron chi connectivity index (χ4n) is 19.5. The van der Waals surface area contributed by atoms with Gasteiger partial charge in [-0.2, -0.15) is 11.3 Å². The largest absolute Gasteiger partial charge is 0.481 e. The number of cyclic esters (lactones) is 1. The number of carbonyl (C=O) groups is 21. The number of carbonyl (C=O) groups excluding carboxylic acids is 18. The number of ether oxygens (including phenoxy) is 1. The third kappa shape index (κ3) is 32.0. The lowest BCUT2D eigenvalue weighted by Gasteiger charge is -2.38. The molecular weight excluding hydrogens is 1970 g/mol. The third-order valence-electron chi connectivity index (χ3n) is 27.7. The number of benzene rings is 3. The topological polar surface area (TPSA) is 641 Å². The van der Waals surface area contributed by atoms with Crippen LogP contribution < -0.4 is 85.5 Å². The van der Waals surface area contributed by atoms with Crippen LogP contribution in [-0.2, 0) is 122 Å². The highest BCUT2D eigenvalue weighted by atomic mass is 32.1. The molecule has 149 heavy (non-hydrogen) atoms. The van der Waals surface area contributed by atoms with Gasteiger partial charge in [-0.3, -0.25) is 91.1 Å². The van der Waals surface area contributed by atoms with E-state index in [0.29, 0.717) is 23.1 Å². The number of hydrogen-bond acceptors (Lipinski definition) is 24. The Bertz CT molecular complexity index is 5820. The third-order valence-corrected chi connectivity index (χ3v) is 29.5. The maximum absolute atomic E-state index is 16.2. The van der Waals surface area contributed by atoms with Gasteiger partial charge in [0.1, 0.15) is 88.6 Å². The van der Waals surface area contributed by atoms with Crippen LogP contribution in [-0.4, -0.2) is 271 Å². The van der Waals surface area contributed by atoms with E-state index in [2.05, 4.69) is 79.8 Å². The van der Waals surface area contributed by atoms with Crippen molar-refractivity contribution in [1.82, 2.24) is 89.6 Å². The van der Waals surface area contributed by atoms with Crippen LogP contribution in [0.1, 0.15) is 228 Å². The summed E-state index contributed by atoms with van der Waals surface area (Å²) in [4.78, 5) is 311. The summed E-state index contributed by atoms with van der Waals surface area (Å²) in [6, 6.07) is 4.12. The van der Waals surface area contributed by atoms with Crippen molar-refractivity contribution in [1.29, 1.82) is 0 Å². The van der Waals surface area contributed by atoms with Crippen LogP contribution in [0.2, 0.25) is 0 Å². The Morgan fingerprint density at radius 1 is 0.510 bits per heavy atom. The van der Waals surface area contributed by atoms with Gasteiger partial charge in [0, 0.05) is 63.4 Å². The molecule has 3 saturated heterocycles. The number of carboxylic acid groups (broad SMARTS) is 3. The monoisotopic (exact) mass is 2100 g/mol. The number of carboxylic acids is 3. The zero-order chi connectivity index (χ0) is 108. The molecule has 45 heteroatoms. The number of likely N-dealkylation sites (tertiary alicyclic amines) is 1. The van der Waals surface area contributed by atoms with Gasteiger partial charge in [0.2, 0.25) is 100 Å². The second-order valence-electron chi connectivity index (χ2n) is 40.4. The number of hydrogen-bond donors (Lipinski definition) is 19. The summed E-state index contributed by atoms with van der Waals surface area (Å²) in [6.07, 6.45) is 1.34. The van der Waals surface area contributed by atoms with Gasteiger partial charge >= 0.3 is 24.0 Å². The van der Waals surface area contributed by atoms with Gasteiger partial charge < -0.3 is 115 Å². The molecule has 1 aliphatic carbocycles. The van der Waals surface area contributed by atoms with E-state index in [1.54, 1.807) is 104 Å². The van der Waals surface area contributed by atoms with Crippen LogP contribution in [0.15, 0.2) is 125 Å². The molecule has 0 radical (unpaired) electrons. The average Bonchev–Trinajstić information content (AvgIpc) is 1.66. The summed E-state index contributed by atoms with van der Waals surface area (Å²) in [5.41, 5.74) is -1.84. The average molecular weight is 2100 g/mol. The summed E-state index contributed by atoms with van der Waals surface area (Å²) in [6.45, 7) is 7.86. The lowest BCUT2D eigenvalue weighted by Crippen LogP contribution is -2.67. The maximum Gasteiger partial charge on any atom is 0.409 e. The first-order valence-electron chi connectivity index (χ1n) is 50.5.